The maximum atomic E-state index is 12.6. The second-order valence-electron chi connectivity index (χ2n) is 7.64. The van der Waals surface area contributed by atoms with Gasteiger partial charge in [-0.3, -0.25) is 4.79 Å². The summed E-state index contributed by atoms with van der Waals surface area (Å²) in [6.45, 7) is 7.82. The Morgan fingerprint density at radius 3 is 2.22 bits per heavy atom. The van der Waals surface area contributed by atoms with E-state index in [-0.39, 0.29) is 22.0 Å². The first-order valence-electron chi connectivity index (χ1n) is 8.82. The zero-order valence-electron chi connectivity index (χ0n) is 16.4. The molecule has 2 aromatic rings. The molecular formula is C21H27NO4S. The molecule has 146 valence electrons. The minimum Gasteiger partial charge on any atom is -0.497 e. The quantitative estimate of drug-likeness (QED) is 0.809. The molecule has 1 amide bonds. The van der Waals surface area contributed by atoms with Gasteiger partial charge in [0.1, 0.15) is 5.75 Å². The summed E-state index contributed by atoms with van der Waals surface area (Å²) in [5.41, 5.74) is 1.58. The van der Waals surface area contributed by atoms with Crippen LogP contribution in [0.1, 0.15) is 33.3 Å². The number of carbonyl (C=O) groups is 1. The highest BCUT2D eigenvalue weighted by atomic mass is 32.2. The Morgan fingerprint density at radius 1 is 1.07 bits per heavy atom. The fraction of sp³-hybridized carbons (Fsp3) is 0.381. The second-order valence-corrected chi connectivity index (χ2v) is 9.68. The van der Waals surface area contributed by atoms with Gasteiger partial charge in [0.05, 0.1) is 17.8 Å². The van der Waals surface area contributed by atoms with Crippen LogP contribution < -0.4 is 10.1 Å². The van der Waals surface area contributed by atoms with Crippen LogP contribution in [0.25, 0.3) is 0 Å². The molecule has 0 heterocycles. The Balaban J connectivity index is 2.14. The average Bonchev–Trinajstić information content (AvgIpc) is 2.61. The smallest absolute Gasteiger partial charge is 0.228 e. The van der Waals surface area contributed by atoms with Crippen LogP contribution in [0.3, 0.4) is 0 Å². The highest BCUT2D eigenvalue weighted by Crippen LogP contribution is 2.29. The lowest BCUT2D eigenvalue weighted by atomic mass is 9.86. The number of carbonyl (C=O) groups excluding carboxylic acids is 1. The maximum Gasteiger partial charge on any atom is 0.228 e. The molecule has 0 radical (unpaired) electrons. The lowest BCUT2D eigenvalue weighted by Gasteiger charge is -2.23. The Kier molecular flexibility index (Phi) is 6.31. The maximum absolute atomic E-state index is 12.6. The van der Waals surface area contributed by atoms with E-state index in [2.05, 4.69) is 26.1 Å². The van der Waals surface area contributed by atoms with E-state index in [4.69, 9.17) is 4.74 Å². The van der Waals surface area contributed by atoms with Crippen LogP contribution in [0.4, 0.5) is 5.69 Å². The molecule has 1 N–H and O–H groups in total. The monoisotopic (exact) mass is 389 g/mol. The van der Waals surface area contributed by atoms with Gasteiger partial charge in [-0.25, -0.2) is 8.42 Å². The van der Waals surface area contributed by atoms with Gasteiger partial charge in [0.2, 0.25) is 5.91 Å². The predicted octanol–water partition coefficient (Wildman–Crippen LogP) is 4.04. The van der Waals surface area contributed by atoms with Crippen molar-refractivity contribution in [1.29, 1.82) is 0 Å². The SMILES string of the molecule is COc1ccc(S(=O)(=O)CC(C)C(=O)Nc2ccccc2C(C)(C)C)cc1. The van der Waals surface area contributed by atoms with Crippen molar-refractivity contribution in [2.24, 2.45) is 5.92 Å². The summed E-state index contributed by atoms with van der Waals surface area (Å²) in [7, 11) is -2.06. The standard InChI is InChI=1S/C21H27NO4S/c1-15(14-27(24,25)17-12-10-16(26-5)11-13-17)20(23)22-19-9-7-6-8-18(19)21(2,3)4/h6-13,15H,14H2,1-5H3,(H,22,23). The van der Waals surface area contributed by atoms with E-state index >= 15 is 0 Å². The van der Waals surface area contributed by atoms with Crippen molar-refractivity contribution in [2.75, 3.05) is 18.2 Å². The van der Waals surface area contributed by atoms with E-state index < -0.39 is 15.8 Å². The van der Waals surface area contributed by atoms with Crippen molar-refractivity contribution in [2.45, 2.75) is 38.0 Å². The van der Waals surface area contributed by atoms with Crippen LogP contribution in [0.15, 0.2) is 53.4 Å². The molecule has 0 saturated heterocycles. The Morgan fingerprint density at radius 2 is 1.67 bits per heavy atom. The lowest BCUT2D eigenvalue weighted by molar-refractivity contribution is -0.118. The van der Waals surface area contributed by atoms with Crippen LogP contribution in [0, 0.1) is 5.92 Å². The third-order valence-corrected chi connectivity index (χ3v) is 6.26. The van der Waals surface area contributed by atoms with Gasteiger partial charge >= 0.3 is 0 Å². The zero-order chi connectivity index (χ0) is 20.2. The van der Waals surface area contributed by atoms with Gasteiger partial charge in [-0.1, -0.05) is 45.9 Å². The lowest BCUT2D eigenvalue weighted by Crippen LogP contribution is -2.28. The molecule has 6 heteroatoms. The predicted molar refractivity (Wildman–Crippen MR) is 108 cm³/mol. The topological polar surface area (TPSA) is 72.5 Å². The van der Waals surface area contributed by atoms with Crippen molar-refractivity contribution in [3.63, 3.8) is 0 Å². The third kappa shape index (κ3) is 5.32. The van der Waals surface area contributed by atoms with Crippen molar-refractivity contribution in [3.8, 4) is 5.75 Å². The molecule has 1 atom stereocenters. The largest absolute Gasteiger partial charge is 0.497 e. The Labute approximate surface area is 161 Å². The first-order chi connectivity index (χ1) is 12.5. The first-order valence-corrected chi connectivity index (χ1v) is 10.5. The molecule has 5 nitrogen and oxygen atoms in total. The van der Waals surface area contributed by atoms with Crippen LogP contribution in [0.5, 0.6) is 5.75 Å². The molecule has 0 fully saturated rings. The number of methoxy groups -OCH3 is 1. The van der Waals surface area contributed by atoms with E-state index in [0.717, 1.165) is 5.56 Å². The molecule has 0 aliphatic carbocycles. The van der Waals surface area contributed by atoms with E-state index in [1.165, 1.54) is 19.2 Å². The van der Waals surface area contributed by atoms with Crippen molar-refractivity contribution in [1.82, 2.24) is 0 Å². The molecule has 0 saturated carbocycles. The second kappa shape index (κ2) is 8.13. The number of hydrogen-bond donors (Lipinski definition) is 1. The number of hydrogen-bond acceptors (Lipinski definition) is 4. The number of rotatable bonds is 6. The van der Waals surface area contributed by atoms with Crippen LogP contribution >= 0.6 is 0 Å². The number of anilines is 1. The Hall–Kier alpha value is -2.34. The number of benzene rings is 2. The number of amides is 1. The highest BCUT2D eigenvalue weighted by Gasteiger charge is 2.25. The minimum atomic E-state index is -3.58. The molecule has 1 unspecified atom stereocenters. The van der Waals surface area contributed by atoms with E-state index in [0.29, 0.717) is 11.4 Å². The summed E-state index contributed by atoms with van der Waals surface area (Å²) in [6, 6.07) is 13.8. The van der Waals surface area contributed by atoms with Gasteiger partial charge in [-0.05, 0) is 41.3 Å². The molecule has 2 rings (SSSR count). The van der Waals surface area contributed by atoms with Gasteiger partial charge in [0, 0.05) is 11.6 Å². The number of nitrogens with one attached hydrogen (secondary N) is 1. The fourth-order valence-electron chi connectivity index (χ4n) is 2.79. The molecule has 0 aromatic heterocycles. The van der Waals surface area contributed by atoms with Crippen LogP contribution in [0.2, 0.25) is 0 Å². The summed E-state index contributed by atoms with van der Waals surface area (Å²) < 4.78 is 30.3. The van der Waals surface area contributed by atoms with Crippen molar-refractivity contribution in [3.05, 3.63) is 54.1 Å². The summed E-state index contributed by atoms with van der Waals surface area (Å²) >= 11 is 0. The average molecular weight is 390 g/mol. The molecule has 27 heavy (non-hydrogen) atoms. The molecule has 0 aliphatic heterocycles. The summed E-state index contributed by atoms with van der Waals surface area (Å²) in [5.74, 6) is -0.685. The van der Waals surface area contributed by atoms with E-state index in [1.54, 1.807) is 19.1 Å². The molecule has 2 aromatic carbocycles. The van der Waals surface area contributed by atoms with Gasteiger partial charge < -0.3 is 10.1 Å². The highest BCUT2D eigenvalue weighted by molar-refractivity contribution is 7.91. The molecular weight excluding hydrogens is 362 g/mol. The third-order valence-electron chi connectivity index (χ3n) is 4.33. The fourth-order valence-corrected chi connectivity index (χ4v) is 4.34. The Bertz CT molecular complexity index is 897. The molecule has 0 spiro atoms. The van der Waals surface area contributed by atoms with E-state index in [1.807, 2.05) is 24.3 Å². The summed E-state index contributed by atoms with van der Waals surface area (Å²) in [4.78, 5) is 12.8. The molecule has 0 aliphatic rings. The minimum absolute atomic E-state index is 0.137. The van der Waals surface area contributed by atoms with Gasteiger partial charge in [-0.2, -0.15) is 0 Å². The van der Waals surface area contributed by atoms with E-state index in [9.17, 15) is 13.2 Å². The van der Waals surface area contributed by atoms with Gasteiger partial charge in [-0.15, -0.1) is 0 Å². The van der Waals surface area contributed by atoms with Crippen LogP contribution in [-0.4, -0.2) is 27.2 Å². The van der Waals surface area contributed by atoms with Crippen molar-refractivity contribution < 1.29 is 17.9 Å². The number of ether oxygens (including phenoxy) is 1. The van der Waals surface area contributed by atoms with Crippen LogP contribution in [-0.2, 0) is 20.0 Å². The number of para-hydroxylation sites is 1. The van der Waals surface area contributed by atoms with Gasteiger partial charge in [0.25, 0.3) is 0 Å². The molecule has 0 bridgehead atoms. The zero-order valence-corrected chi connectivity index (χ0v) is 17.3. The van der Waals surface area contributed by atoms with Gasteiger partial charge in [0.15, 0.2) is 9.84 Å². The normalized spacial score (nSPS) is 13.1. The summed E-state index contributed by atoms with van der Waals surface area (Å²) in [5, 5.41) is 2.89. The van der Waals surface area contributed by atoms with Crippen molar-refractivity contribution >= 4 is 21.4 Å². The first kappa shape index (κ1) is 21.0. The summed E-state index contributed by atoms with van der Waals surface area (Å²) in [6.07, 6.45) is 0. The number of sulfone groups is 1.